The lowest BCUT2D eigenvalue weighted by Gasteiger charge is -2.21. The number of nitrogens with one attached hydrogen (secondary N) is 1. The molecule has 1 aromatic heterocycles. The lowest BCUT2D eigenvalue weighted by Crippen LogP contribution is -2.46. The van der Waals surface area contributed by atoms with Crippen LogP contribution in [0, 0.1) is 0 Å². The van der Waals surface area contributed by atoms with E-state index >= 15 is 0 Å². The molecule has 2 atom stereocenters. The van der Waals surface area contributed by atoms with Crippen molar-refractivity contribution in [2.45, 2.75) is 25.0 Å². The molecular formula is C10H14N4O5. The second-order valence-electron chi connectivity index (χ2n) is 4.23. The van der Waals surface area contributed by atoms with E-state index in [9.17, 15) is 14.7 Å². The van der Waals surface area contributed by atoms with Crippen molar-refractivity contribution in [3.8, 4) is 0 Å². The number of carbonyl (C=O) groups excluding carboxylic acids is 1. The molecule has 1 aliphatic heterocycles. The van der Waals surface area contributed by atoms with Crippen molar-refractivity contribution in [2.24, 2.45) is 0 Å². The van der Waals surface area contributed by atoms with Gasteiger partial charge in [-0.05, 0) is 0 Å². The first-order chi connectivity index (χ1) is 9.08. The van der Waals surface area contributed by atoms with E-state index in [-0.39, 0.29) is 19.5 Å². The summed E-state index contributed by atoms with van der Waals surface area (Å²) in [5.41, 5.74) is 0. The molecule has 0 spiro atoms. The maximum Gasteiger partial charge on any atom is 0.326 e. The van der Waals surface area contributed by atoms with Crippen molar-refractivity contribution < 1.29 is 24.3 Å². The molecule has 0 radical (unpaired) electrons. The highest BCUT2D eigenvalue weighted by molar-refractivity contribution is 5.83. The maximum absolute atomic E-state index is 11.8. The minimum absolute atomic E-state index is 0.0189. The molecule has 0 aliphatic carbocycles. The van der Waals surface area contributed by atoms with Crippen molar-refractivity contribution in [3.63, 3.8) is 0 Å². The lowest BCUT2D eigenvalue weighted by molar-refractivity contribution is -0.141. The fourth-order valence-corrected chi connectivity index (χ4v) is 1.96. The Kier molecular flexibility index (Phi) is 3.95. The summed E-state index contributed by atoms with van der Waals surface area (Å²) in [5.74, 6) is -0.665. The van der Waals surface area contributed by atoms with Crippen LogP contribution in [0.2, 0.25) is 0 Å². The molecule has 9 nitrogen and oxygen atoms in total. The molecule has 1 aliphatic rings. The SMILES string of the molecule is O=C(O)[C@H]1C[C@@H](O)CN1C(=O)NCCc1ncon1. The topological polar surface area (TPSA) is 129 Å². The van der Waals surface area contributed by atoms with Crippen LogP contribution < -0.4 is 5.32 Å². The first-order valence-corrected chi connectivity index (χ1v) is 5.78. The van der Waals surface area contributed by atoms with Gasteiger partial charge >= 0.3 is 12.0 Å². The molecular weight excluding hydrogens is 256 g/mol. The normalized spacial score (nSPS) is 22.5. The van der Waals surface area contributed by atoms with Crippen LogP contribution in [0.1, 0.15) is 12.2 Å². The summed E-state index contributed by atoms with van der Waals surface area (Å²) in [5, 5.41) is 24.5. The molecule has 9 heteroatoms. The van der Waals surface area contributed by atoms with E-state index in [1.54, 1.807) is 0 Å². The zero-order chi connectivity index (χ0) is 13.8. The minimum Gasteiger partial charge on any atom is -0.480 e. The Morgan fingerprint density at radius 3 is 3.00 bits per heavy atom. The Morgan fingerprint density at radius 1 is 1.58 bits per heavy atom. The van der Waals surface area contributed by atoms with E-state index < -0.39 is 24.1 Å². The smallest absolute Gasteiger partial charge is 0.326 e. The number of likely N-dealkylation sites (tertiary alicyclic amines) is 1. The van der Waals surface area contributed by atoms with Crippen LogP contribution >= 0.6 is 0 Å². The molecule has 104 valence electrons. The zero-order valence-electron chi connectivity index (χ0n) is 10.0. The second-order valence-corrected chi connectivity index (χ2v) is 4.23. The summed E-state index contributed by atoms with van der Waals surface area (Å²) in [4.78, 5) is 27.7. The van der Waals surface area contributed by atoms with E-state index in [1.807, 2.05) is 0 Å². The number of aromatic nitrogens is 2. The molecule has 2 amide bonds. The first-order valence-electron chi connectivity index (χ1n) is 5.78. The van der Waals surface area contributed by atoms with Gasteiger partial charge in [-0.15, -0.1) is 0 Å². The molecule has 2 heterocycles. The number of carboxylic acids is 1. The van der Waals surface area contributed by atoms with E-state index in [0.717, 1.165) is 4.90 Å². The van der Waals surface area contributed by atoms with Gasteiger partial charge in [-0.2, -0.15) is 4.98 Å². The number of aliphatic hydroxyl groups excluding tert-OH is 1. The van der Waals surface area contributed by atoms with Crippen molar-refractivity contribution in [3.05, 3.63) is 12.2 Å². The molecule has 1 fully saturated rings. The number of amides is 2. The fourth-order valence-electron chi connectivity index (χ4n) is 1.96. The van der Waals surface area contributed by atoms with Gasteiger partial charge in [-0.25, -0.2) is 9.59 Å². The van der Waals surface area contributed by atoms with Gasteiger partial charge in [-0.1, -0.05) is 5.16 Å². The van der Waals surface area contributed by atoms with Crippen LogP contribution in [-0.4, -0.2) is 62.5 Å². The van der Waals surface area contributed by atoms with Crippen molar-refractivity contribution in [1.82, 2.24) is 20.4 Å². The van der Waals surface area contributed by atoms with E-state index in [1.165, 1.54) is 6.39 Å². The quantitative estimate of drug-likeness (QED) is 0.629. The number of hydrogen-bond donors (Lipinski definition) is 3. The number of aliphatic hydroxyl groups is 1. The van der Waals surface area contributed by atoms with Gasteiger partial charge in [0.2, 0.25) is 6.39 Å². The lowest BCUT2D eigenvalue weighted by atomic mass is 10.2. The summed E-state index contributed by atoms with van der Waals surface area (Å²) in [6.45, 7) is 0.280. The van der Waals surface area contributed by atoms with Crippen LogP contribution in [-0.2, 0) is 11.2 Å². The largest absolute Gasteiger partial charge is 0.480 e. The fraction of sp³-hybridized carbons (Fsp3) is 0.600. The van der Waals surface area contributed by atoms with Crippen LogP contribution in [0.25, 0.3) is 0 Å². The van der Waals surface area contributed by atoms with Crippen LogP contribution in [0.15, 0.2) is 10.9 Å². The Morgan fingerprint density at radius 2 is 2.37 bits per heavy atom. The predicted octanol–water partition coefficient (Wildman–Crippen LogP) is -1.16. The molecule has 1 aromatic rings. The Balaban J connectivity index is 1.83. The molecule has 0 unspecified atom stereocenters. The average molecular weight is 270 g/mol. The Bertz CT molecular complexity index is 449. The third-order valence-corrected chi connectivity index (χ3v) is 2.86. The Hall–Kier alpha value is -2.16. The molecule has 0 bridgehead atoms. The first kappa shape index (κ1) is 13.3. The van der Waals surface area contributed by atoms with Gasteiger partial charge in [0.25, 0.3) is 0 Å². The number of rotatable bonds is 4. The van der Waals surface area contributed by atoms with Gasteiger partial charge in [0.15, 0.2) is 5.82 Å². The van der Waals surface area contributed by atoms with Gasteiger partial charge in [0.1, 0.15) is 6.04 Å². The van der Waals surface area contributed by atoms with Gasteiger partial charge in [0, 0.05) is 25.9 Å². The number of β-amino-alcohol motifs (C(OH)–C–C–N with tert-alkyl or cyclic N) is 1. The third-order valence-electron chi connectivity index (χ3n) is 2.86. The summed E-state index contributed by atoms with van der Waals surface area (Å²) >= 11 is 0. The number of carboxylic acid groups (broad SMARTS) is 1. The van der Waals surface area contributed by atoms with Crippen LogP contribution in [0.4, 0.5) is 4.79 Å². The third kappa shape index (κ3) is 3.19. The number of nitrogens with zero attached hydrogens (tertiary/aromatic N) is 3. The van der Waals surface area contributed by atoms with Crippen LogP contribution in [0.3, 0.4) is 0 Å². The summed E-state index contributed by atoms with van der Waals surface area (Å²) < 4.78 is 4.54. The Labute approximate surface area is 108 Å². The summed E-state index contributed by atoms with van der Waals surface area (Å²) in [6.07, 6.45) is 0.822. The number of hydrogen-bond acceptors (Lipinski definition) is 6. The highest BCUT2D eigenvalue weighted by Crippen LogP contribution is 2.17. The second kappa shape index (κ2) is 5.65. The van der Waals surface area contributed by atoms with Crippen molar-refractivity contribution >= 4 is 12.0 Å². The van der Waals surface area contributed by atoms with Gasteiger partial charge < -0.3 is 25.0 Å². The molecule has 1 saturated heterocycles. The molecule has 2 rings (SSSR count). The minimum atomic E-state index is -1.12. The molecule has 19 heavy (non-hydrogen) atoms. The van der Waals surface area contributed by atoms with Crippen molar-refractivity contribution in [2.75, 3.05) is 13.1 Å². The van der Waals surface area contributed by atoms with Gasteiger partial charge in [-0.3, -0.25) is 0 Å². The summed E-state index contributed by atoms with van der Waals surface area (Å²) in [7, 11) is 0. The number of urea groups is 1. The predicted molar refractivity (Wildman–Crippen MR) is 60.2 cm³/mol. The molecule has 3 N–H and O–H groups in total. The van der Waals surface area contributed by atoms with E-state index in [0.29, 0.717) is 12.2 Å². The number of carbonyl (C=O) groups is 2. The monoisotopic (exact) mass is 270 g/mol. The van der Waals surface area contributed by atoms with Gasteiger partial charge in [0.05, 0.1) is 6.10 Å². The van der Waals surface area contributed by atoms with E-state index in [2.05, 4.69) is 20.0 Å². The molecule has 0 aromatic carbocycles. The average Bonchev–Trinajstić information content (AvgIpc) is 2.98. The summed E-state index contributed by atoms with van der Waals surface area (Å²) in [6, 6.07) is -1.51. The zero-order valence-corrected chi connectivity index (χ0v) is 10.0. The number of aliphatic carboxylic acids is 1. The van der Waals surface area contributed by atoms with Crippen molar-refractivity contribution in [1.29, 1.82) is 0 Å². The highest BCUT2D eigenvalue weighted by Gasteiger charge is 2.38. The highest BCUT2D eigenvalue weighted by atomic mass is 16.5. The van der Waals surface area contributed by atoms with E-state index in [4.69, 9.17) is 5.11 Å². The van der Waals surface area contributed by atoms with Crippen LogP contribution in [0.5, 0.6) is 0 Å². The maximum atomic E-state index is 11.8. The standard InChI is InChI=1S/C10H14N4O5/c15-6-3-7(9(16)17)14(4-6)10(18)11-2-1-8-12-5-19-13-8/h5-7,15H,1-4H2,(H,11,18)(H,16,17)/t6-,7-/m1/s1. The molecule has 0 saturated carbocycles.